The highest BCUT2D eigenvalue weighted by Gasteiger charge is 2.14. The Kier molecular flexibility index (Phi) is 5.47. The van der Waals surface area contributed by atoms with Gasteiger partial charge in [-0.3, -0.25) is 0 Å². The molecule has 3 N–H and O–H groups in total. The average Bonchev–Trinajstić information content (AvgIpc) is 2.55. The molecule has 0 radical (unpaired) electrons. The molecule has 1 heterocycles. The minimum Gasteiger partial charge on any atom is -0.378 e. The Labute approximate surface area is 105 Å². The maximum absolute atomic E-state index is 11.0. The first-order valence-electron chi connectivity index (χ1n) is 5.13. The fraction of sp³-hybridized carbons (Fsp3) is 0.667. The standard InChI is InChI=1S/C9H17N3O3S2/c1-3-11-4-8-7(5-15-2)12-9(16-8)6-17(10,13)14/h11H,3-6H2,1-2H3,(H2,10,13,14). The van der Waals surface area contributed by atoms with Crippen LogP contribution >= 0.6 is 11.3 Å². The number of thiazole rings is 1. The van der Waals surface area contributed by atoms with Crippen molar-refractivity contribution in [3.63, 3.8) is 0 Å². The molecule has 0 fully saturated rings. The predicted molar refractivity (Wildman–Crippen MR) is 67.0 cm³/mol. The molecule has 8 heteroatoms. The van der Waals surface area contributed by atoms with Gasteiger partial charge in [0.2, 0.25) is 10.0 Å². The van der Waals surface area contributed by atoms with E-state index in [1.807, 2.05) is 6.92 Å². The molecular weight excluding hydrogens is 262 g/mol. The lowest BCUT2D eigenvalue weighted by atomic mass is 10.3. The predicted octanol–water partition coefficient (Wildman–Crippen LogP) is 0.187. The Morgan fingerprint density at radius 3 is 2.76 bits per heavy atom. The number of nitrogens with zero attached hydrogens (tertiary/aromatic N) is 1. The van der Waals surface area contributed by atoms with Crippen molar-refractivity contribution < 1.29 is 13.2 Å². The van der Waals surface area contributed by atoms with Crippen LogP contribution in [0.4, 0.5) is 0 Å². The third kappa shape index (κ3) is 5.09. The fourth-order valence-electron chi connectivity index (χ4n) is 1.30. The van der Waals surface area contributed by atoms with Crippen LogP contribution < -0.4 is 10.5 Å². The maximum atomic E-state index is 11.0. The van der Waals surface area contributed by atoms with Crippen LogP contribution in [-0.4, -0.2) is 27.1 Å². The Balaban J connectivity index is 2.86. The molecule has 0 aliphatic carbocycles. The average molecular weight is 279 g/mol. The zero-order valence-electron chi connectivity index (χ0n) is 9.89. The zero-order valence-corrected chi connectivity index (χ0v) is 11.5. The summed E-state index contributed by atoms with van der Waals surface area (Å²) in [5.74, 6) is -0.222. The van der Waals surface area contributed by atoms with Gasteiger partial charge in [0, 0.05) is 18.5 Å². The van der Waals surface area contributed by atoms with E-state index in [4.69, 9.17) is 9.88 Å². The van der Waals surface area contributed by atoms with Gasteiger partial charge in [-0.1, -0.05) is 6.92 Å². The van der Waals surface area contributed by atoms with Gasteiger partial charge in [0.05, 0.1) is 12.3 Å². The molecule has 0 aliphatic rings. The number of methoxy groups -OCH3 is 1. The van der Waals surface area contributed by atoms with Gasteiger partial charge >= 0.3 is 0 Å². The minimum atomic E-state index is -3.53. The van der Waals surface area contributed by atoms with Crippen molar-refractivity contribution in [2.24, 2.45) is 5.14 Å². The number of aromatic nitrogens is 1. The summed E-state index contributed by atoms with van der Waals surface area (Å²) < 4.78 is 27.0. The van der Waals surface area contributed by atoms with Gasteiger partial charge in [-0.2, -0.15) is 0 Å². The van der Waals surface area contributed by atoms with Crippen LogP contribution in [0.15, 0.2) is 0 Å². The first-order valence-corrected chi connectivity index (χ1v) is 7.67. The van der Waals surface area contributed by atoms with Gasteiger partial charge in [0.1, 0.15) is 10.8 Å². The molecule has 0 saturated heterocycles. The summed E-state index contributed by atoms with van der Waals surface area (Å²) >= 11 is 1.35. The first-order chi connectivity index (χ1) is 7.96. The number of nitrogens with two attached hydrogens (primary N) is 1. The van der Waals surface area contributed by atoms with E-state index in [-0.39, 0.29) is 5.75 Å². The summed E-state index contributed by atoms with van der Waals surface area (Å²) in [6.45, 7) is 3.89. The number of hydrogen-bond acceptors (Lipinski definition) is 6. The summed E-state index contributed by atoms with van der Waals surface area (Å²) in [7, 11) is -1.95. The van der Waals surface area contributed by atoms with Gasteiger partial charge in [0.25, 0.3) is 0 Å². The smallest absolute Gasteiger partial charge is 0.215 e. The lowest BCUT2D eigenvalue weighted by Gasteiger charge is -2.00. The van der Waals surface area contributed by atoms with Gasteiger partial charge in [-0.05, 0) is 6.54 Å². The molecule has 0 bridgehead atoms. The van der Waals surface area contributed by atoms with E-state index in [2.05, 4.69) is 10.3 Å². The van der Waals surface area contributed by atoms with E-state index >= 15 is 0 Å². The fourth-order valence-corrected chi connectivity index (χ4v) is 3.27. The Morgan fingerprint density at radius 2 is 2.24 bits per heavy atom. The molecule has 0 saturated carbocycles. The number of sulfonamides is 1. The second-order valence-electron chi connectivity index (χ2n) is 3.50. The van der Waals surface area contributed by atoms with Crippen molar-refractivity contribution in [3.8, 4) is 0 Å². The number of rotatable bonds is 7. The zero-order chi connectivity index (χ0) is 12.9. The van der Waals surface area contributed by atoms with Crippen LogP contribution in [0.1, 0.15) is 22.5 Å². The molecule has 0 spiro atoms. The lowest BCUT2D eigenvalue weighted by Crippen LogP contribution is -2.14. The monoisotopic (exact) mass is 279 g/mol. The van der Waals surface area contributed by atoms with E-state index in [1.165, 1.54) is 11.3 Å². The molecule has 0 aliphatic heterocycles. The quantitative estimate of drug-likeness (QED) is 0.743. The molecular formula is C9H17N3O3S2. The minimum absolute atomic E-state index is 0.222. The number of ether oxygens (including phenoxy) is 1. The van der Waals surface area contributed by atoms with Crippen molar-refractivity contribution in [1.29, 1.82) is 0 Å². The van der Waals surface area contributed by atoms with Crippen LogP contribution in [-0.2, 0) is 33.7 Å². The van der Waals surface area contributed by atoms with Crippen molar-refractivity contribution in [1.82, 2.24) is 10.3 Å². The third-order valence-corrected chi connectivity index (χ3v) is 3.92. The van der Waals surface area contributed by atoms with Crippen molar-refractivity contribution in [2.75, 3.05) is 13.7 Å². The molecule has 0 atom stereocenters. The van der Waals surface area contributed by atoms with E-state index in [1.54, 1.807) is 7.11 Å². The number of primary sulfonamides is 1. The lowest BCUT2D eigenvalue weighted by molar-refractivity contribution is 0.181. The summed E-state index contributed by atoms with van der Waals surface area (Å²) in [6.07, 6.45) is 0. The molecule has 0 aromatic carbocycles. The van der Waals surface area contributed by atoms with E-state index in [0.29, 0.717) is 18.2 Å². The Morgan fingerprint density at radius 1 is 1.53 bits per heavy atom. The van der Waals surface area contributed by atoms with Crippen LogP contribution in [0.5, 0.6) is 0 Å². The molecule has 1 rings (SSSR count). The largest absolute Gasteiger partial charge is 0.378 e. The van der Waals surface area contributed by atoms with E-state index in [0.717, 1.165) is 17.1 Å². The number of hydrogen-bond donors (Lipinski definition) is 2. The summed E-state index contributed by atoms with van der Waals surface area (Å²) in [5.41, 5.74) is 0.775. The molecule has 17 heavy (non-hydrogen) atoms. The van der Waals surface area contributed by atoms with Crippen molar-refractivity contribution in [2.45, 2.75) is 25.8 Å². The molecule has 98 valence electrons. The molecule has 0 amide bonds. The van der Waals surface area contributed by atoms with Crippen LogP contribution in [0, 0.1) is 0 Å². The van der Waals surface area contributed by atoms with Crippen LogP contribution in [0.2, 0.25) is 0 Å². The molecule has 1 aromatic heterocycles. The van der Waals surface area contributed by atoms with E-state index < -0.39 is 10.0 Å². The topological polar surface area (TPSA) is 94.3 Å². The Bertz CT molecular complexity index is 456. The first kappa shape index (κ1) is 14.5. The van der Waals surface area contributed by atoms with E-state index in [9.17, 15) is 8.42 Å². The Hall–Kier alpha value is -0.540. The second kappa shape index (κ2) is 6.41. The molecule has 1 aromatic rings. The second-order valence-corrected chi connectivity index (χ2v) is 6.28. The van der Waals surface area contributed by atoms with Gasteiger partial charge in [-0.25, -0.2) is 18.5 Å². The molecule has 6 nitrogen and oxygen atoms in total. The van der Waals surface area contributed by atoms with Gasteiger partial charge in [0.15, 0.2) is 0 Å². The van der Waals surface area contributed by atoms with Gasteiger partial charge in [-0.15, -0.1) is 11.3 Å². The normalized spacial score (nSPS) is 11.9. The summed E-state index contributed by atoms with van der Waals surface area (Å²) in [5, 5.41) is 8.67. The van der Waals surface area contributed by atoms with Crippen molar-refractivity contribution in [3.05, 3.63) is 15.6 Å². The van der Waals surface area contributed by atoms with Crippen LogP contribution in [0.3, 0.4) is 0 Å². The number of nitrogens with one attached hydrogen (secondary N) is 1. The highest BCUT2D eigenvalue weighted by Crippen LogP contribution is 2.20. The molecule has 0 unspecified atom stereocenters. The summed E-state index contributed by atoms with van der Waals surface area (Å²) in [6, 6.07) is 0. The van der Waals surface area contributed by atoms with Crippen molar-refractivity contribution >= 4 is 21.4 Å². The SMILES string of the molecule is CCNCc1sc(CS(N)(=O)=O)nc1COC. The highest BCUT2D eigenvalue weighted by atomic mass is 32.2. The third-order valence-electron chi connectivity index (χ3n) is 1.96. The summed E-state index contributed by atoms with van der Waals surface area (Å²) in [4.78, 5) is 5.23. The highest BCUT2D eigenvalue weighted by molar-refractivity contribution is 7.88. The maximum Gasteiger partial charge on any atom is 0.215 e. The van der Waals surface area contributed by atoms with Gasteiger partial charge < -0.3 is 10.1 Å². The van der Waals surface area contributed by atoms with Crippen LogP contribution in [0.25, 0.3) is 0 Å².